The molecule has 0 aromatic heterocycles. The minimum atomic E-state index is 0.792. The van der Waals surface area contributed by atoms with E-state index in [2.05, 4.69) is 30.9 Å². The first kappa shape index (κ1) is 15.8. The second-order valence-electron chi connectivity index (χ2n) is 4.77. The van der Waals surface area contributed by atoms with Crippen LogP contribution in [0.15, 0.2) is 18.2 Å². The molecule has 3 heteroatoms. The molecule has 0 amide bonds. The second kappa shape index (κ2) is 8.81. The van der Waals surface area contributed by atoms with Gasteiger partial charge in [0.1, 0.15) is 0 Å². The number of hydrogen-bond acceptors (Lipinski definition) is 3. The van der Waals surface area contributed by atoms with Gasteiger partial charge in [0, 0.05) is 6.54 Å². The van der Waals surface area contributed by atoms with Crippen LogP contribution in [0, 0.1) is 0 Å². The van der Waals surface area contributed by atoms with Crippen molar-refractivity contribution in [1.29, 1.82) is 0 Å². The quantitative estimate of drug-likeness (QED) is 0.635. The Labute approximate surface area is 117 Å². The lowest BCUT2D eigenvalue weighted by molar-refractivity contribution is 0.272. The molecule has 19 heavy (non-hydrogen) atoms. The van der Waals surface area contributed by atoms with Gasteiger partial charge in [0.05, 0.1) is 14.2 Å². The average Bonchev–Trinajstić information content (AvgIpc) is 2.46. The van der Waals surface area contributed by atoms with E-state index in [0.29, 0.717) is 0 Å². The van der Waals surface area contributed by atoms with E-state index in [1.807, 2.05) is 6.07 Å². The molecular formula is C16H27NO2. The van der Waals surface area contributed by atoms with Gasteiger partial charge in [-0.3, -0.25) is 4.90 Å². The highest BCUT2D eigenvalue weighted by Gasteiger charge is 2.07. The maximum atomic E-state index is 5.35. The van der Waals surface area contributed by atoms with Crippen molar-refractivity contribution in [2.45, 2.75) is 39.7 Å². The molecule has 0 saturated carbocycles. The topological polar surface area (TPSA) is 21.7 Å². The van der Waals surface area contributed by atoms with Crippen LogP contribution in [0.5, 0.6) is 11.5 Å². The van der Waals surface area contributed by atoms with E-state index in [4.69, 9.17) is 9.47 Å². The molecule has 0 radical (unpaired) electrons. The number of methoxy groups -OCH3 is 2. The fourth-order valence-corrected chi connectivity index (χ4v) is 2.17. The van der Waals surface area contributed by atoms with E-state index < -0.39 is 0 Å². The van der Waals surface area contributed by atoms with Crippen molar-refractivity contribution < 1.29 is 9.47 Å². The van der Waals surface area contributed by atoms with Gasteiger partial charge in [0.15, 0.2) is 11.5 Å². The zero-order valence-electron chi connectivity index (χ0n) is 12.7. The largest absolute Gasteiger partial charge is 0.493 e. The second-order valence-corrected chi connectivity index (χ2v) is 4.77. The highest BCUT2D eigenvalue weighted by molar-refractivity contribution is 5.42. The van der Waals surface area contributed by atoms with Gasteiger partial charge in [0.2, 0.25) is 0 Å². The van der Waals surface area contributed by atoms with E-state index in [9.17, 15) is 0 Å². The predicted molar refractivity (Wildman–Crippen MR) is 80.0 cm³/mol. The van der Waals surface area contributed by atoms with E-state index >= 15 is 0 Å². The maximum absolute atomic E-state index is 5.35. The molecule has 108 valence electrons. The summed E-state index contributed by atoms with van der Waals surface area (Å²) < 4.78 is 10.6. The van der Waals surface area contributed by atoms with Gasteiger partial charge in [0.25, 0.3) is 0 Å². The summed E-state index contributed by atoms with van der Waals surface area (Å²) in [4.78, 5) is 2.47. The molecule has 0 aliphatic carbocycles. The van der Waals surface area contributed by atoms with Crippen molar-refractivity contribution in [3.63, 3.8) is 0 Å². The van der Waals surface area contributed by atoms with E-state index in [-0.39, 0.29) is 0 Å². The van der Waals surface area contributed by atoms with Gasteiger partial charge in [-0.25, -0.2) is 0 Å². The lowest BCUT2D eigenvalue weighted by Crippen LogP contribution is -2.24. The smallest absolute Gasteiger partial charge is 0.161 e. The van der Waals surface area contributed by atoms with Crippen LogP contribution in [0.2, 0.25) is 0 Å². The number of hydrogen-bond donors (Lipinski definition) is 0. The Balaban J connectivity index is 2.63. The number of benzene rings is 1. The van der Waals surface area contributed by atoms with Crippen LogP contribution in [0.25, 0.3) is 0 Å². The Bertz CT molecular complexity index is 366. The summed E-state index contributed by atoms with van der Waals surface area (Å²) in [6.07, 6.45) is 3.86. The van der Waals surface area contributed by atoms with Crippen LogP contribution >= 0.6 is 0 Å². The zero-order chi connectivity index (χ0) is 14.1. The summed E-state index contributed by atoms with van der Waals surface area (Å²) >= 11 is 0. The summed E-state index contributed by atoms with van der Waals surface area (Å²) in [5, 5.41) is 0. The van der Waals surface area contributed by atoms with E-state index in [1.165, 1.54) is 31.4 Å². The van der Waals surface area contributed by atoms with Gasteiger partial charge in [-0.15, -0.1) is 0 Å². The Morgan fingerprint density at radius 2 is 1.74 bits per heavy atom. The summed E-state index contributed by atoms with van der Waals surface area (Å²) in [7, 11) is 3.35. The predicted octanol–water partition coefficient (Wildman–Crippen LogP) is 3.72. The lowest BCUT2D eigenvalue weighted by Gasteiger charge is -2.21. The van der Waals surface area contributed by atoms with Gasteiger partial charge >= 0.3 is 0 Å². The molecular weight excluding hydrogens is 238 g/mol. The first-order valence-corrected chi connectivity index (χ1v) is 7.18. The van der Waals surface area contributed by atoms with Crippen molar-refractivity contribution in [1.82, 2.24) is 4.90 Å². The van der Waals surface area contributed by atoms with Crippen LogP contribution in [0.4, 0.5) is 0 Å². The molecule has 0 aliphatic heterocycles. The first-order valence-electron chi connectivity index (χ1n) is 7.18. The van der Waals surface area contributed by atoms with Crippen molar-refractivity contribution in [2.24, 2.45) is 0 Å². The van der Waals surface area contributed by atoms with Crippen LogP contribution in [-0.4, -0.2) is 32.2 Å². The average molecular weight is 265 g/mol. The Morgan fingerprint density at radius 3 is 2.32 bits per heavy atom. The summed E-state index contributed by atoms with van der Waals surface area (Å²) in [6.45, 7) is 7.68. The molecule has 0 fully saturated rings. The first-order chi connectivity index (χ1) is 9.24. The minimum absolute atomic E-state index is 0.792. The Kier molecular flexibility index (Phi) is 7.34. The van der Waals surface area contributed by atoms with Gasteiger partial charge in [-0.2, -0.15) is 0 Å². The molecule has 0 atom stereocenters. The van der Waals surface area contributed by atoms with Gasteiger partial charge in [-0.05, 0) is 37.2 Å². The van der Waals surface area contributed by atoms with Crippen LogP contribution < -0.4 is 9.47 Å². The van der Waals surface area contributed by atoms with Crippen molar-refractivity contribution in [3.8, 4) is 11.5 Å². The summed E-state index contributed by atoms with van der Waals surface area (Å²) in [6, 6.07) is 6.17. The Hall–Kier alpha value is -1.22. The standard InChI is InChI=1S/C16H27NO2/c1-5-7-8-11-17(6-2)13-14-9-10-15(18-3)16(12-14)19-4/h9-10,12H,5-8,11,13H2,1-4H3. The lowest BCUT2D eigenvalue weighted by atomic mass is 10.1. The summed E-state index contributed by atoms with van der Waals surface area (Å²) in [5.41, 5.74) is 1.27. The third-order valence-corrected chi connectivity index (χ3v) is 3.38. The third kappa shape index (κ3) is 5.11. The number of nitrogens with zero attached hydrogens (tertiary/aromatic N) is 1. The molecule has 0 spiro atoms. The van der Waals surface area contributed by atoms with Crippen molar-refractivity contribution in [3.05, 3.63) is 23.8 Å². The number of unbranched alkanes of at least 4 members (excludes halogenated alkanes) is 2. The molecule has 0 N–H and O–H groups in total. The summed E-state index contributed by atoms with van der Waals surface area (Å²) in [5.74, 6) is 1.60. The SMILES string of the molecule is CCCCCN(CC)Cc1ccc(OC)c(OC)c1. The fourth-order valence-electron chi connectivity index (χ4n) is 2.17. The molecule has 0 heterocycles. The normalized spacial score (nSPS) is 10.8. The minimum Gasteiger partial charge on any atom is -0.493 e. The molecule has 3 nitrogen and oxygen atoms in total. The maximum Gasteiger partial charge on any atom is 0.161 e. The monoisotopic (exact) mass is 265 g/mol. The van der Waals surface area contributed by atoms with Crippen molar-refractivity contribution >= 4 is 0 Å². The highest BCUT2D eigenvalue weighted by atomic mass is 16.5. The van der Waals surface area contributed by atoms with Crippen LogP contribution in [0.3, 0.4) is 0 Å². The van der Waals surface area contributed by atoms with E-state index in [0.717, 1.165) is 24.6 Å². The van der Waals surface area contributed by atoms with E-state index in [1.54, 1.807) is 14.2 Å². The number of rotatable bonds is 9. The Morgan fingerprint density at radius 1 is 1.00 bits per heavy atom. The molecule has 0 aliphatic rings. The number of ether oxygens (including phenoxy) is 2. The third-order valence-electron chi connectivity index (χ3n) is 3.38. The van der Waals surface area contributed by atoms with Gasteiger partial charge < -0.3 is 9.47 Å². The van der Waals surface area contributed by atoms with Crippen molar-refractivity contribution in [2.75, 3.05) is 27.3 Å². The highest BCUT2D eigenvalue weighted by Crippen LogP contribution is 2.28. The molecule has 0 bridgehead atoms. The fraction of sp³-hybridized carbons (Fsp3) is 0.625. The molecule has 0 saturated heterocycles. The van der Waals surface area contributed by atoms with Gasteiger partial charge in [-0.1, -0.05) is 32.8 Å². The van der Waals surface area contributed by atoms with Crippen LogP contribution in [0.1, 0.15) is 38.7 Å². The molecule has 1 rings (SSSR count). The molecule has 0 unspecified atom stereocenters. The molecule has 1 aromatic carbocycles. The zero-order valence-corrected chi connectivity index (χ0v) is 12.7. The molecule has 1 aromatic rings. The van der Waals surface area contributed by atoms with Crippen LogP contribution in [-0.2, 0) is 6.54 Å².